The van der Waals surface area contributed by atoms with Crippen LogP contribution in [0.5, 0.6) is 0 Å². The third-order valence-corrected chi connectivity index (χ3v) is 3.09. The Hall–Kier alpha value is -2.04. The Balaban J connectivity index is 2.52. The molecule has 0 aromatic heterocycles. The topological polar surface area (TPSA) is 70.2 Å². The number of carbonyl (C=O) groups is 2. The Kier molecular flexibility index (Phi) is 6.72. The van der Waals surface area contributed by atoms with E-state index in [2.05, 4.69) is 22.9 Å². The standard InChI is InChI=1S/C16H25N3O2/c1-5-6-11(2)17-16(21)12(3)18-14-7-9-15(10-8-14)19-13(4)20/h7-12,18H,5-6H2,1-4H3,(H,17,21)(H,19,20). The van der Waals surface area contributed by atoms with Gasteiger partial charge in [-0.3, -0.25) is 9.59 Å². The number of rotatable bonds is 7. The van der Waals surface area contributed by atoms with Crippen molar-refractivity contribution in [3.8, 4) is 0 Å². The summed E-state index contributed by atoms with van der Waals surface area (Å²) in [6.07, 6.45) is 2.03. The fraction of sp³-hybridized carbons (Fsp3) is 0.500. The molecule has 0 spiro atoms. The monoisotopic (exact) mass is 291 g/mol. The number of hydrogen-bond acceptors (Lipinski definition) is 3. The van der Waals surface area contributed by atoms with Gasteiger partial charge in [-0.1, -0.05) is 13.3 Å². The maximum absolute atomic E-state index is 12.0. The van der Waals surface area contributed by atoms with Gasteiger partial charge in [0.25, 0.3) is 0 Å². The van der Waals surface area contributed by atoms with Crippen LogP contribution in [0.4, 0.5) is 11.4 Å². The van der Waals surface area contributed by atoms with Crippen LogP contribution >= 0.6 is 0 Å². The second-order valence-electron chi connectivity index (χ2n) is 5.32. The minimum Gasteiger partial charge on any atom is -0.374 e. The van der Waals surface area contributed by atoms with Gasteiger partial charge in [-0.2, -0.15) is 0 Å². The second kappa shape index (κ2) is 8.29. The van der Waals surface area contributed by atoms with E-state index in [0.29, 0.717) is 0 Å². The number of amides is 2. The molecule has 0 aliphatic carbocycles. The first kappa shape index (κ1) is 17.0. The van der Waals surface area contributed by atoms with Crippen LogP contribution in [0.3, 0.4) is 0 Å². The predicted octanol–water partition coefficient (Wildman–Crippen LogP) is 2.75. The minimum absolute atomic E-state index is 0.0121. The van der Waals surface area contributed by atoms with E-state index in [-0.39, 0.29) is 23.9 Å². The molecule has 2 unspecified atom stereocenters. The summed E-state index contributed by atoms with van der Waals surface area (Å²) in [5.41, 5.74) is 1.58. The van der Waals surface area contributed by atoms with E-state index in [1.807, 2.05) is 26.0 Å². The molecule has 21 heavy (non-hydrogen) atoms. The van der Waals surface area contributed by atoms with Gasteiger partial charge in [0.05, 0.1) is 0 Å². The van der Waals surface area contributed by atoms with Crippen LogP contribution in [-0.2, 0) is 9.59 Å². The second-order valence-corrected chi connectivity index (χ2v) is 5.32. The van der Waals surface area contributed by atoms with Crippen LogP contribution in [0.15, 0.2) is 24.3 Å². The zero-order chi connectivity index (χ0) is 15.8. The van der Waals surface area contributed by atoms with Crippen LogP contribution in [0.2, 0.25) is 0 Å². The van der Waals surface area contributed by atoms with Gasteiger partial charge in [-0.15, -0.1) is 0 Å². The molecule has 0 aliphatic heterocycles. The maximum atomic E-state index is 12.0. The highest BCUT2D eigenvalue weighted by molar-refractivity contribution is 5.89. The fourth-order valence-electron chi connectivity index (χ4n) is 2.04. The van der Waals surface area contributed by atoms with Gasteiger partial charge in [0.1, 0.15) is 6.04 Å². The average molecular weight is 291 g/mol. The lowest BCUT2D eigenvalue weighted by Crippen LogP contribution is -2.42. The Morgan fingerprint density at radius 1 is 1.10 bits per heavy atom. The summed E-state index contributed by atoms with van der Waals surface area (Å²) in [7, 11) is 0. The van der Waals surface area contributed by atoms with Crippen molar-refractivity contribution >= 4 is 23.2 Å². The third kappa shape index (κ3) is 6.29. The van der Waals surface area contributed by atoms with E-state index >= 15 is 0 Å². The van der Waals surface area contributed by atoms with Crippen LogP contribution in [0.25, 0.3) is 0 Å². The Bertz CT molecular complexity index is 471. The summed E-state index contributed by atoms with van der Waals surface area (Å²) in [6, 6.07) is 7.15. The highest BCUT2D eigenvalue weighted by Gasteiger charge is 2.14. The number of hydrogen-bond donors (Lipinski definition) is 3. The molecule has 0 aliphatic rings. The first-order valence-corrected chi connectivity index (χ1v) is 7.37. The van der Waals surface area contributed by atoms with Crippen molar-refractivity contribution in [3.63, 3.8) is 0 Å². The average Bonchev–Trinajstić information content (AvgIpc) is 2.40. The lowest BCUT2D eigenvalue weighted by molar-refractivity contribution is -0.122. The quantitative estimate of drug-likeness (QED) is 0.723. The molecule has 0 heterocycles. The van der Waals surface area contributed by atoms with Crippen molar-refractivity contribution in [3.05, 3.63) is 24.3 Å². The maximum Gasteiger partial charge on any atom is 0.242 e. The molecule has 0 saturated heterocycles. The smallest absolute Gasteiger partial charge is 0.242 e. The minimum atomic E-state index is -0.309. The van der Waals surface area contributed by atoms with Crippen LogP contribution in [-0.4, -0.2) is 23.9 Å². The number of benzene rings is 1. The van der Waals surface area contributed by atoms with Crippen molar-refractivity contribution in [2.75, 3.05) is 10.6 Å². The molecule has 0 bridgehead atoms. The zero-order valence-corrected chi connectivity index (χ0v) is 13.2. The molecule has 2 atom stereocenters. The van der Waals surface area contributed by atoms with Gasteiger partial charge in [0.2, 0.25) is 11.8 Å². The van der Waals surface area contributed by atoms with E-state index < -0.39 is 0 Å². The number of carbonyl (C=O) groups excluding carboxylic acids is 2. The lowest BCUT2D eigenvalue weighted by atomic mass is 10.2. The van der Waals surface area contributed by atoms with Crippen molar-refractivity contribution in [1.29, 1.82) is 0 Å². The highest BCUT2D eigenvalue weighted by Crippen LogP contribution is 2.14. The molecule has 5 heteroatoms. The van der Waals surface area contributed by atoms with Crippen LogP contribution in [0, 0.1) is 0 Å². The molecule has 1 aromatic rings. The first-order chi connectivity index (χ1) is 9.92. The Morgan fingerprint density at radius 2 is 1.67 bits per heavy atom. The molecule has 1 aromatic carbocycles. The van der Waals surface area contributed by atoms with Gasteiger partial charge >= 0.3 is 0 Å². The SMILES string of the molecule is CCCC(C)NC(=O)C(C)Nc1ccc(NC(C)=O)cc1. The van der Waals surface area contributed by atoms with Crippen molar-refractivity contribution < 1.29 is 9.59 Å². The van der Waals surface area contributed by atoms with Crippen molar-refractivity contribution in [1.82, 2.24) is 5.32 Å². The molecule has 0 saturated carbocycles. The van der Waals surface area contributed by atoms with Gasteiger partial charge in [-0.25, -0.2) is 0 Å². The Morgan fingerprint density at radius 3 is 2.19 bits per heavy atom. The molecule has 116 valence electrons. The third-order valence-electron chi connectivity index (χ3n) is 3.09. The van der Waals surface area contributed by atoms with E-state index in [0.717, 1.165) is 24.2 Å². The van der Waals surface area contributed by atoms with E-state index in [9.17, 15) is 9.59 Å². The molecule has 3 N–H and O–H groups in total. The van der Waals surface area contributed by atoms with Crippen LogP contribution in [0.1, 0.15) is 40.5 Å². The lowest BCUT2D eigenvalue weighted by Gasteiger charge is -2.19. The molecule has 0 radical (unpaired) electrons. The summed E-state index contributed by atoms with van der Waals surface area (Å²) in [5.74, 6) is -0.116. The van der Waals surface area contributed by atoms with Gasteiger partial charge in [0.15, 0.2) is 0 Å². The summed E-state index contributed by atoms with van der Waals surface area (Å²) in [6.45, 7) is 7.41. The molecule has 0 fully saturated rings. The summed E-state index contributed by atoms with van der Waals surface area (Å²) in [5, 5.41) is 8.83. The number of anilines is 2. The van der Waals surface area contributed by atoms with E-state index in [1.54, 1.807) is 12.1 Å². The molecular weight excluding hydrogens is 266 g/mol. The molecular formula is C16H25N3O2. The van der Waals surface area contributed by atoms with Crippen molar-refractivity contribution in [2.45, 2.75) is 52.6 Å². The molecule has 5 nitrogen and oxygen atoms in total. The predicted molar refractivity (Wildman–Crippen MR) is 86.3 cm³/mol. The normalized spacial score (nSPS) is 13.1. The van der Waals surface area contributed by atoms with Crippen molar-refractivity contribution in [2.24, 2.45) is 0 Å². The van der Waals surface area contributed by atoms with Gasteiger partial charge in [0, 0.05) is 24.3 Å². The van der Waals surface area contributed by atoms with Gasteiger partial charge < -0.3 is 16.0 Å². The largest absolute Gasteiger partial charge is 0.374 e. The zero-order valence-electron chi connectivity index (χ0n) is 13.2. The molecule has 2 amide bonds. The van der Waals surface area contributed by atoms with Crippen LogP contribution < -0.4 is 16.0 Å². The first-order valence-electron chi connectivity index (χ1n) is 7.37. The Labute approximate surface area is 126 Å². The summed E-state index contributed by atoms with van der Waals surface area (Å²) in [4.78, 5) is 23.0. The van der Waals surface area contributed by atoms with E-state index in [1.165, 1.54) is 6.92 Å². The summed E-state index contributed by atoms with van der Waals surface area (Å²) >= 11 is 0. The molecule has 1 rings (SSSR count). The fourth-order valence-corrected chi connectivity index (χ4v) is 2.04. The highest BCUT2D eigenvalue weighted by atomic mass is 16.2. The van der Waals surface area contributed by atoms with Gasteiger partial charge in [-0.05, 0) is 44.5 Å². The van der Waals surface area contributed by atoms with E-state index in [4.69, 9.17) is 0 Å². The number of nitrogens with one attached hydrogen (secondary N) is 3. The summed E-state index contributed by atoms with van der Waals surface area (Å²) < 4.78 is 0.